The molecule has 0 radical (unpaired) electrons. The summed E-state index contributed by atoms with van der Waals surface area (Å²) in [4.78, 5) is 24.3. The Kier molecular flexibility index (Phi) is 8.16. The number of hydrogen-bond acceptors (Lipinski definition) is 5. The number of carbonyl (C=O) groups is 2. The molecule has 0 spiro atoms. The molecule has 6 rings (SSSR count). The number of thioether (sulfide) groups is 1. The molecule has 1 heterocycles. The monoisotopic (exact) mass is 587 g/mol. The molecule has 1 atom stereocenters. The van der Waals surface area contributed by atoms with Crippen molar-refractivity contribution in [2.45, 2.75) is 11.8 Å². The van der Waals surface area contributed by atoms with Crippen molar-refractivity contribution in [2.24, 2.45) is 0 Å². The van der Waals surface area contributed by atoms with Crippen LogP contribution < -0.4 is 10.1 Å². The van der Waals surface area contributed by atoms with E-state index >= 15 is 0 Å². The van der Waals surface area contributed by atoms with Crippen LogP contribution in [0.1, 0.15) is 15.9 Å². The van der Waals surface area contributed by atoms with Crippen molar-refractivity contribution < 1.29 is 23.8 Å². The summed E-state index contributed by atoms with van der Waals surface area (Å²) in [6.07, 6.45) is 0. The minimum atomic E-state index is -1.07. The van der Waals surface area contributed by atoms with Crippen molar-refractivity contribution in [3.8, 4) is 28.0 Å². The number of ether oxygens (including phenoxy) is 1. The summed E-state index contributed by atoms with van der Waals surface area (Å²) in [5, 5.41) is 14.5. The van der Waals surface area contributed by atoms with Crippen LogP contribution in [0, 0.1) is 0 Å². The fourth-order valence-electron chi connectivity index (χ4n) is 5.06. The Morgan fingerprint density at radius 3 is 2.14 bits per heavy atom. The molecular weight excluding hydrogens is 558 g/mol. The summed E-state index contributed by atoms with van der Waals surface area (Å²) in [6, 6.07) is 36.6. The lowest BCUT2D eigenvalue weighted by Crippen LogP contribution is -2.42. The van der Waals surface area contributed by atoms with Crippen LogP contribution in [-0.2, 0) is 10.5 Å². The third-order valence-electron chi connectivity index (χ3n) is 7.40. The first kappa shape index (κ1) is 28.1. The zero-order valence-corrected chi connectivity index (χ0v) is 24.3. The summed E-state index contributed by atoms with van der Waals surface area (Å²) in [6.45, 7) is 0. The quantitative estimate of drug-likeness (QED) is 0.169. The Labute approximate surface area is 253 Å². The predicted molar refractivity (Wildman–Crippen MR) is 173 cm³/mol. The molecule has 0 saturated carbocycles. The number of amides is 1. The third kappa shape index (κ3) is 6.12. The number of aliphatic carboxylic acids is 1. The van der Waals surface area contributed by atoms with E-state index in [1.165, 1.54) is 11.8 Å². The third-order valence-corrected chi connectivity index (χ3v) is 8.50. The molecule has 0 aliphatic heterocycles. The molecule has 0 aliphatic carbocycles. The molecule has 0 saturated heterocycles. The first-order valence-electron chi connectivity index (χ1n) is 13.9. The van der Waals surface area contributed by atoms with E-state index in [2.05, 4.69) is 78.1 Å². The van der Waals surface area contributed by atoms with Gasteiger partial charge in [0.25, 0.3) is 5.91 Å². The molecular formula is C36H29NO5S. The van der Waals surface area contributed by atoms with Gasteiger partial charge in [0.2, 0.25) is 0 Å². The van der Waals surface area contributed by atoms with Crippen molar-refractivity contribution >= 4 is 45.6 Å². The predicted octanol–water partition coefficient (Wildman–Crippen LogP) is 8.05. The molecule has 6 aromatic rings. The van der Waals surface area contributed by atoms with Gasteiger partial charge in [0.1, 0.15) is 23.0 Å². The van der Waals surface area contributed by atoms with Gasteiger partial charge >= 0.3 is 5.97 Å². The van der Waals surface area contributed by atoms with Gasteiger partial charge in [-0.1, -0.05) is 84.9 Å². The highest BCUT2D eigenvalue weighted by atomic mass is 32.2. The van der Waals surface area contributed by atoms with Gasteiger partial charge in [-0.05, 0) is 52.6 Å². The highest BCUT2D eigenvalue weighted by molar-refractivity contribution is 7.98. The van der Waals surface area contributed by atoms with Gasteiger partial charge in [-0.3, -0.25) is 4.79 Å². The number of nitrogens with one attached hydrogen (secondary N) is 1. The van der Waals surface area contributed by atoms with E-state index in [0.717, 1.165) is 49.8 Å². The maximum atomic E-state index is 12.5. The summed E-state index contributed by atoms with van der Waals surface area (Å²) >= 11 is 1.47. The van der Waals surface area contributed by atoms with Crippen LogP contribution in [0.25, 0.3) is 44.2 Å². The fraction of sp³-hybridized carbons (Fsp3) is 0.111. The molecule has 1 aromatic heterocycles. The standard InChI is InChI=1S/C36H29NO5S/c1-41-28-19-17-27(18-20-28)35(38)37-32(36(39)40)22-43-21-23-9-11-24(12-10-23)25-13-15-26(16-14-25)29-6-4-7-31-30-5-2-3-8-33(30)42-34(29)31/h2-20,32H,21-22H2,1H3,(H,37,38)(H,39,40)/t32-/m0/s1. The maximum absolute atomic E-state index is 12.5. The van der Waals surface area contributed by atoms with Gasteiger partial charge in [0, 0.05) is 33.4 Å². The van der Waals surface area contributed by atoms with Gasteiger partial charge in [-0.25, -0.2) is 4.79 Å². The van der Waals surface area contributed by atoms with Crippen LogP contribution in [-0.4, -0.2) is 35.9 Å². The van der Waals surface area contributed by atoms with Crippen molar-refractivity contribution in [3.05, 3.63) is 126 Å². The number of hydrogen-bond donors (Lipinski definition) is 2. The number of rotatable bonds is 10. The topological polar surface area (TPSA) is 88.8 Å². The smallest absolute Gasteiger partial charge is 0.327 e. The van der Waals surface area contributed by atoms with Crippen molar-refractivity contribution in [1.82, 2.24) is 5.32 Å². The van der Waals surface area contributed by atoms with Gasteiger partial charge < -0.3 is 19.6 Å². The molecule has 214 valence electrons. The van der Waals surface area contributed by atoms with E-state index in [1.807, 2.05) is 18.2 Å². The summed E-state index contributed by atoms with van der Waals surface area (Å²) in [7, 11) is 1.54. The average molecular weight is 588 g/mol. The molecule has 5 aromatic carbocycles. The van der Waals surface area contributed by atoms with E-state index in [9.17, 15) is 14.7 Å². The highest BCUT2D eigenvalue weighted by Gasteiger charge is 2.21. The Bertz CT molecular complexity index is 1890. The lowest BCUT2D eigenvalue weighted by atomic mass is 9.98. The molecule has 1 amide bonds. The minimum Gasteiger partial charge on any atom is -0.497 e. The summed E-state index contributed by atoms with van der Waals surface area (Å²) in [5.74, 6) is 0.00756. The molecule has 0 aliphatic rings. The largest absolute Gasteiger partial charge is 0.497 e. The second-order valence-corrected chi connectivity index (χ2v) is 11.2. The van der Waals surface area contributed by atoms with Gasteiger partial charge in [0.15, 0.2) is 0 Å². The van der Waals surface area contributed by atoms with Crippen molar-refractivity contribution in [3.63, 3.8) is 0 Å². The molecule has 43 heavy (non-hydrogen) atoms. The fourth-order valence-corrected chi connectivity index (χ4v) is 6.07. The van der Waals surface area contributed by atoms with Crippen LogP contribution in [0.2, 0.25) is 0 Å². The van der Waals surface area contributed by atoms with E-state index in [-0.39, 0.29) is 5.75 Å². The number of carboxylic acid groups (broad SMARTS) is 1. The number of fused-ring (bicyclic) bond motifs is 3. The van der Waals surface area contributed by atoms with Gasteiger partial charge in [-0.2, -0.15) is 11.8 Å². The number of furan rings is 1. The van der Waals surface area contributed by atoms with Crippen molar-refractivity contribution in [1.29, 1.82) is 0 Å². The number of methoxy groups -OCH3 is 1. The minimum absolute atomic E-state index is 0.248. The first-order chi connectivity index (χ1) is 21.0. The van der Waals surface area contributed by atoms with E-state index < -0.39 is 17.9 Å². The number of benzene rings is 5. The van der Waals surface area contributed by atoms with Crippen LogP contribution in [0.5, 0.6) is 5.75 Å². The molecule has 2 N–H and O–H groups in total. The lowest BCUT2D eigenvalue weighted by Gasteiger charge is -2.14. The molecule has 0 unspecified atom stereocenters. The second kappa shape index (κ2) is 12.5. The average Bonchev–Trinajstić information content (AvgIpc) is 3.43. The van der Waals surface area contributed by atoms with Crippen LogP contribution in [0.15, 0.2) is 120 Å². The van der Waals surface area contributed by atoms with Gasteiger partial charge in [-0.15, -0.1) is 0 Å². The number of carboxylic acids is 1. The SMILES string of the molecule is COc1ccc(C(=O)N[C@@H](CSCc2ccc(-c3ccc(-c4cccc5c4oc4ccccc45)cc3)cc2)C(=O)O)cc1. The Morgan fingerprint density at radius 2 is 1.44 bits per heavy atom. The molecule has 0 bridgehead atoms. The zero-order chi connectivity index (χ0) is 29.8. The van der Waals surface area contributed by atoms with E-state index in [4.69, 9.17) is 9.15 Å². The van der Waals surface area contributed by atoms with E-state index in [0.29, 0.717) is 17.1 Å². The lowest BCUT2D eigenvalue weighted by molar-refractivity contribution is -0.138. The summed E-state index contributed by atoms with van der Waals surface area (Å²) in [5.41, 5.74) is 7.59. The Morgan fingerprint density at radius 1 is 0.791 bits per heavy atom. The van der Waals surface area contributed by atoms with E-state index in [1.54, 1.807) is 31.4 Å². The zero-order valence-electron chi connectivity index (χ0n) is 23.4. The Balaban J connectivity index is 1.08. The molecule has 6 nitrogen and oxygen atoms in total. The van der Waals surface area contributed by atoms with Crippen LogP contribution >= 0.6 is 11.8 Å². The summed E-state index contributed by atoms with van der Waals surface area (Å²) < 4.78 is 11.3. The number of para-hydroxylation sites is 2. The van der Waals surface area contributed by atoms with Crippen molar-refractivity contribution in [2.75, 3.05) is 12.9 Å². The van der Waals surface area contributed by atoms with Crippen LogP contribution in [0.4, 0.5) is 0 Å². The Hall–Kier alpha value is -5.01. The molecule has 0 fully saturated rings. The highest BCUT2D eigenvalue weighted by Crippen LogP contribution is 2.36. The first-order valence-corrected chi connectivity index (χ1v) is 15.0. The number of carbonyl (C=O) groups excluding carboxylic acids is 1. The second-order valence-electron chi connectivity index (χ2n) is 10.2. The maximum Gasteiger partial charge on any atom is 0.327 e. The van der Waals surface area contributed by atoms with Crippen LogP contribution in [0.3, 0.4) is 0 Å². The van der Waals surface area contributed by atoms with Gasteiger partial charge in [0.05, 0.1) is 7.11 Å². The normalized spacial score (nSPS) is 11.8. The molecule has 7 heteroatoms.